The number of halogens is 5. The van der Waals surface area contributed by atoms with Crippen LogP contribution in [0.3, 0.4) is 0 Å². The highest BCUT2D eigenvalue weighted by Gasteiger charge is 2.29. The molecule has 0 saturated heterocycles. The van der Waals surface area contributed by atoms with Gasteiger partial charge in [0.25, 0.3) is 0 Å². The Morgan fingerprint density at radius 1 is 1.00 bits per heavy atom. The highest BCUT2D eigenvalue weighted by atomic mass is 19.2. The molecule has 6 N–H and O–H groups in total. The quantitative estimate of drug-likeness (QED) is 0.103. The van der Waals surface area contributed by atoms with Gasteiger partial charge in [-0.2, -0.15) is 8.78 Å². The first-order chi connectivity index (χ1) is 10.7. The maximum atomic E-state index is 13.3. The van der Waals surface area contributed by atoms with Crippen molar-refractivity contribution in [1.82, 2.24) is 0 Å². The van der Waals surface area contributed by atoms with E-state index in [4.69, 9.17) is 17.2 Å². The molecule has 23 heavy (non-hydrogen) atoms. The summed E-state index contributed by atoms with van der Waals surface area (Å²) in [4.78, 5) is 15.2. The normalized spacial score (nSPS) is 11.9. The summed E-state index contributed by atoms with van der Waals surface area (Å²) in [6, 6.07) is -1.36. The minimum atomic E-state index is -2.36. The van der Waals surface area contributed by atoms with Crippen molar-refractivity contribution in [3.63, 3.8) is 0 Å². The maximum absolute atomic E-state index is 13.3. The number of nitrogens with zero attached hydrogens (tertiary/aromatic N) is 1. The third-order valence-electron chi connectivity index (χ3n) is 2.64. The largest absolute Gasteiger partial charge is 0.419 e. The molecule has 11 heteroatoms. The second-order valence-corrected chi connectivity index (χ2v) is 4.38. The Labute approximate surface area is 127 Å². The number of ether oxygens (including phenoxy) is 1. The van der Waals surface area contributed by atoms with Crippen molar-refractivity contribution in [3.8, 4) is 5.75 Å². The molecule has 0 bridgehead atoms. The third kappa shape index (κ3) is 4.52. The molecule has 1 aromatic carbocycles. The van der Waals surface area contributed by atoms with E-state index in [0.29, 0.717) is 0 Å². The van der Waals surface area contributed by atoms with Gasteiger partial charge in [0.05, 0.1) is 0 Å². The zero-order chi connectivity index (χ0) is 17.7. The van der Waals surface area contributed by atoms with Crippen LogP contribution in [0, 0.1) is 29.1 Å². The number of carbonyl (C=O) groups is 1. The molecule has 0 aliphatic carbocycles. The highest BCUT2D eigenvalue weighted by Crippen LogP contribution is 2.29. The average molecular weight is 340 g/mol. The predicted molar refractivity (Wildman–Crippen MR) is 69.8 cm³/mol. The fourth-order valence-corrected chi connectivity index (χ4v) is 1.49. The smallest absolute Gasteiger partial charge is 0.328 e. The summed E-state index contributed by atoms with van der Waals surface area (Å²) < 4.78 is 69.6. The van der Waals surface area contributed by atoms with E-state index in [1.54, 1.807) is 0 Å². The fourth-order valence-electron chi connectivity index (χ4n) is 1.49. The van der Waals surface area contributed by atoms with Crippen molar-refractivity contribution in [1.29, 1.82) is 0 Å². The van der Waals surface area contributed by atoms with Gasteiger partial charge in [-0.3, -0.25) is 4.99 Å². The zero-order valence-electron chi connectivity index (χ0n) is 11.6. The van der Waals surface area contributed by atoms with Crippen LogP contribution in [-0.2, 0) is 4.79 Å². The lowest BCUT2D eigenvalue weighted by molar-refractivity contribution is -0.136. The molecule has 0 fully saturated rings. The van der Waals surface area contributed by atoms with E-state index in [9.17, 15) is 26.7 Å². The van der Waals surface area contributed by atoms with Crippen LogP contribution < -0.4 is 21.9 Å². The third-order valence-corrected chi connectivity index (χ3v) is 2.64. The van der Waals surface area contributed by atoms with Gasteiger partial charge in [-0.05, 0) is 12.8 Å². The van der Waals surface area contributed by atoms with Crippen molar-refractivity contribution in [3.05, 3.63) is 29.1 Å². The van der Waals surface area contributed by atoms with E-state index in [0.717, 1.165) is 0 Å². The van der Waals surface area contributed by atoms with E-state index in [-0.39, 0.29) is 25.3 Å². The molecule has 6 nitrogen and oxygen atoms in total. The van der Waals surface area contributed by atoms with Crippen LogP contribution in [0.25, 0.3) is 0 Å². The molecule has 0 saturated carbocycles. The average Bonchev–Trinajstić information content (AvgIpc) is 2.51. The molecule has 0 aromatic heterocycles. The second-order valence-electron chi connectivity index (χ2n) is 4.38. The topological polar surface area (TPSA) is 117 Å². The summed E-state index contributed by atoms with van der Waals surface area (Å²) in [5, 5.41) is 0. The molecule has 1 aromatic rings. The number of carbonyl (C=O) groups excluding carboxylic acids is 1. The monoisotopic (exact) mass is 340 g/mol. The maximum Gasteiger partial charge on any atom is 0.328 e. The Kier molecular flexibility index (Phi) is 6.25. The Balaban J connectivity index is 2.80. The number of guanidine groups is 1. The number of esters is 1. The summed E-state index contributed by atoms with van der Waals surface area (Å²) in [5.41, 5.74) is 15.5. The van der Waals surface area contributed by atoms with Crippen molar-refractivity contribution in [2.24, 2.45) is 22.2 Å². The molecule has 0 radical (unpaired) electrons. The van der Waals surface area contributed by atoms with Gasteiger partial charge in [-0.15, -0.1) is 0 Å². The molecule has 0 amide bonds. The molecule has 0 spiro atoms. The Morgan fingerprint density at radius 3 is 1.96 bits per heavy atom. The lowest BCUT2D eigenvalue weighted by atomic mass is 10.1. The fraction of sp³-hybridized carbons (Fsp3) is 0.333. The van der Waals surface area contributed by atoms with Crippen molar-refractivity contribution in [2.75, 3.05) is 6.54 Å². The molecule has 0 aliphatic heterocycles. The van der Waals surface area contributed by atoms with Crippen LogP contribution in [0.4, 0.5) is 22.0 Å². The summed E-state index contributed by atoms with van der Waals surface area (Å²) in [7, 11) is 0. The van der Waals surface area contributed by atoms with E-state index < -0.39 is 46.8 Å². The number of hydrogen-bond acceptors (Lipinski definition) is 4. The van der Waals surface area contributed by atoms with Gasteiger partial charge in [-0.25, -0.2) is 18.0 Å². The minimum absolute atomic E-state index is 0.0367. The first kappa shape index (κ1) is 18.6. The molecule has 1 rings (SSSR count). The van der Waals surface area contributed by atoms with E-state index in [2.05, 4.69) is 9.73 Å². The SMILES string of the molecule is NC(N)=NCCC[C@H](N)C(=O)Oc1c(F)c(F)c(F)c(F)c1F. The first-order valence-corrected chi connectivity index (χ1v) is 6.20. The minimum Gasteiger partial charge on any atom is -0.419 e. The van der Waals surface area contributed by atoms with E-state index >= 15 is 0 Å². The van der Waals surface area contributed by atoms with Gasteiger partial charge in [-0.1, -0.05) is 0 Å². The van der Waals surface area contributed by atoms with Gasteiger partial charge >= 0.3 is 5.97 Å². The second kappa shape index (κ2) is 7.72. The summed E-state index contributed by atoms with van der Waals surface area (Å²) in [6.07, 6.45) is 0.191. The molecular weight excluding hydrogens is 327 g/mol. The molecule has 0 unspecified atom stereocenters. The lowest BCUT2D eigenvalue weighted by Crippen LogP contribution is -2.35. The highest BCUT2D eigenvalue weighted by molar-refractivity contribution is 5.78. The van der Waals surface area contributed by atoms with Crippen LogP contribution in [-0.4, -0.2) is 24.5 Å². The van der Waals surface area contributed by atoms with Gasteiger partial charge in [0.15, 0.2) is 5.96 Å². The van der Waals surface area contributed by atoms with Gasteiger partial charge < -0.3 is 21.9 Å². The molecule has 128 valence electrons. The van der Waals surface area contributed by atoms with Gasteiger partial charge in [0.2, 0.25) is 34.8 Å². The number of nitrogens with two attached hydrogens (primary N) is 3. The number of hydrogen-bond donors (Lipinski definition) is 3. The number of aliphatic imine (C=N–C) groups is 1. The summed E-state index contributed by atoms with van der Waals surface area (Å²) in [5.74, 6) is -14.6. The van der Waals surface area contributed by atoms with Crippen LogP contribution in [0.5, 0.6) is 5.75 Å². The van der Waals surface area contributed by atoms with E-state index in [1.165, 1.54) is 0 Å². The van der Waals surface area contributed by atoms with Gasteiger partial charge in [0, 0.05) is 6.54 Å². The molecule has 1 atom stereocenters. The Hall–Kier alpha value is -2.43. The van der Waals surface area contributed by atoms with Crippen molar-refractivity contribution < 1.29 is 31.5 Å². The van der Waals surface area contributed by atoms with Gasteiger partial charge in [0.1, 0.15) is 6.04 Å². The zero-order valence-corrected chi connectivity index (χ0v) is 11.6. The predicted octanol–water partition coefficient (Wildman–Crippen LogP) is 0.668. The number of benzene rings is 1. The van der Waals surface area contributed by atoms with Crippen LogP contribution in [0.15, 0.2) is 4.99 Å². The van der Waals surface area contributed by atoms with Crippen molar-refractivity contribution >= 4 is 11.9 Å². The number of rotatable bonds is 6. The van der Waals surface area contributed by atoms with Crippen LogP contribution in [0.2, 0.25) is 0 Å². The molecule has 0 aliphatic rings. The van der Waals surface area contributed by atoms with Crippen LogP contribution >= 0.6 is 0 Å². The van der Waals surface area contributed by atoms with Crippen LogP contribution in [0.1, 0.15) is 12.8 Å². The lowest BCUT2D eigenvalue weighted by Gasteiger charge is -2.12. The Bertz CT molecular complexity index is 605. The first-order valence-electron chi connectivity index (χ1n) is 6.20. The molecule has 0 heterocycles. The Morgan fingerprint density at radius 2 is 1.48 bits per heavy atom. The standard InChI is InChI=1S/C12H13F5N4O2/c13-5-6(14)8(16)10(9(17)7(5)15)23-11(22)4(18)2-1-3-21-12(19)20/h4H,1-3,18H2,(H4,19,20,21)/t4-/m0/s1. The molecular formula is C12H13F5N4O2. The van der Waals surface area contributed by atoms with Crippen molar-refractivity contribution in [2.45, 2.75) is 18.9 Å². The van der Waals surface area contributed by atoms with E-state index in [1.807, 2.05) is 0 Å². The summed E-state index contributed by atoms with van der Waals surface area (Å²) in [6.45, 7) is 0.131. The summed E-state index contributed by atoms with van der Waals surface area (Å²) >= 11 is 0.